The number of aliphatic carboxylic acids is 1. The van der Waals surface area contributed by atoms with E-state index in [0.29, 0.717) is 38.4 Å². The van der Waals surface area contributed by atoms with Crippen LogP contribution in [0.4, 0.5) is 0 Å². The average Bonchev–Trinajstić information content (AvgIpc) is 2.90. The van der Waals surface area contributed by atoms with Crippen LogP contribution in [-0.4, -0.2) is 46.6 Å². The van der Waals surface area contributed by atoms with Gasteiger partial charge in [0.2, 0.25) is 5.91 Å². The number of fused-ring (bicyclic) bond motifs is 1. The first-order chi connectivity index (χ1) is 18.1. The van der Waals surface area contributed by atoms with Gasteiger partial charge in [-0.1, -0.05) is 36.4 Å². The first kappa shape index (κ1) is 26.2. The van der Waals surface area contributed by atoms with E-state index in [9.17, 15) is 14.7 Å². The van der Waals surface area contributed by atoms with Gasteiger partial charge < -0.3 is 19.9 Å². The largest absolute Gasteiger partial charge is 0.493 e. The molecule has 1 aliphatic heterocycles. The number of carbonyl (C=O) groups excluding carboxylic acids is 1. The number of para-hydroxylation sites is 1. The summed E-state index contributed by atoms with van der Waals surface area (Å²) >= 11 is 0. The highest BCUT2D eigenvalue weighted by atomic mass is 16.5. The van der Waals surface area contributed by atoms with Crippen LogP contribution in [0.1, 0.15) is 41.6 Å². The second kappa shape index (κ2) is 13.4. The van der Waals surface area contributed by atoms with Gasteiger partial charge in [-0.05, 0) is 49.1 Å². The Balaban J connectivity index is 1.58. The Morgan fingerprint density at radius 2 is 1.92 bits per heavy atom. The molecule has 2 aromatic carbocycles. The summed E-state index contributed by atoms with van der Waals surface area (Å²) in [6, 6.07) is 19.0. The van der Waals surface area contributed by atoms with Crippen molar-refractivity contribution in [3.8, 4) is 11.5 Å². The van der Waals surface area contributed by atoms with Crippen LogP contribution in [-0.2, 0) is 35.7 Å². The highest BCUT2D eigenvalue weighted by Crippen LogP contribution is 2.26. The number of nitrogens with zero attached hydrogens (tertiary/aromatic N) is 2. The molecule has 0 atom stereocenters. The Kier molecular flexibility index (Phi) is 9.48. The fraction of sp³-hybridized carbons (Fsp3) is 0.345. The lowest BCUT2D eigenvalue weighted by Gasteiger charge is -2.24. The molecule has 0 saturated carbocycles. The van der Waals surface area contributed by atoms with Crippen LogP contribution in [0.2, 0.25) is 0 Å². The highest BCUT2D eigenvalue weighted by molar-refractivity contribution is 5.78. The molecule has 2 N–H and O–H groups in total. The van der Waals surface area contributed by atoms with Crippen molar-refractivity contribution in [1.29, 1.82) is 0 Å². The lowest BCUT2D eigenvalue weighted by atomic mass is 10.1. The van der Waals surface area contributed by atoms with E-state index in [1.165, 1.54) is 0 Å². The number of benzene rings is 2. The van der Waals surface area contributed by atoms with E-state index in [4.69, 9.17) is 9.47 Å². The van der Waals surface area contributed by atoms with Crippen molar-refractivity contribution in [3.63, 3.8) is 0 Å². The van der Waals surface area contributed by atoms with Gasteiger partial charge >= 0.3 is 5.97 Å². The van der Waals surface area contributed by atoms with Crippen LogP contribution in [0.3, 0.4) is 0 Å². The second-order valence-corrected chi connectivity index (χ2v) is 9.13. The molecule has 0 radical (unpaired) electrons. The Morgan fingerprint density at radius 3 is 2.76 bits per heavy atom. The normalized spacial score (nSPS) is 15.2. The maximum atomic E-state index is 12.8. The van der Waals surface area contributed by atoms with Crippen LogP contribution in [0.25, 0.3) is 0 Å². The van der Waals surface area contributed by atoms with Crippen molar-refractivity contribution in [1.82, 2.24) is 15.2 Å². The number of ether oxygens (including phenoxy) is 2. The minimum Gasteiger partial charge on any atom is -0.493 e. The van der Waals surface area contributed by atoms with Crippen LogP contribution in [0.15, 0.2) is 66.9 Å². The van der Waals surface area contributed by atoms with Crippen LogP contribution >= 0.6 is 0 Å². The van der Waals surface area contributed by atoms with Crippen molar-refractivity contribution in [2.45, 2.75) is 45.4 Å². The zero-order chi connectivity index (χ0) is 25.9. The zero-order valence-electron chi connectivity index (χ0n) is 20.9. The predicted octanol–water partition coefficient (Wildman–Crippen LogP) is 3.97. The molecule has 194 valence electrons. The van der Waals surface area contributed by atoms with Gasteiger partial charge in [-0.15, -0.1) is 0 Å². The number of carboxylic acid groups (broad SMARTS) is 1. The zero-order valence-corrected chi connectivity index (χ0v) is 20.9. The highest BCUT2D eigenvalue weighted by Gasteiger charge is 2.18. The van der Waals surface area contributed by atoms with Crippen molar-refractivity contribution in [2.75, 3.05) is 19.7 Å². The van der Waals surface area contributed by atoms with E-state index >= 15 is 0 Å². The molecule has 0 saturated heterocycles. The van der Waals surface area contributed by atoms with Crippen molar-refractivity contribution < 1.29 is 24.2 Å². The van der Waals surface area contributed by atoms with Crippen molar-refractivity contribution in [2.24, 2.45) is 0 Å². The molecule has 3 aromatic rings. The first-order valence-corrected chi connectivity index (χ1v) is 12.6. The van der Waals surface area contributed by atoms with Crippen LogP contribution < -0.4 is 14.8 Å². The Labute approximate surface area is 217 Å². The van der Waals surface area contributed by atoms with Gasteiger partial charge in [-0.3, -0.25) is 19.5 Å². The number of hydrogen-bond acceptors (Lipinski definition) is 6. The average molecular weight is 504 g/mol. The van der Waals surface area contributed by atoms with E-state index in [-0.39, 0.29) is 18.9 Å². The van der Waals surface area contributed by atoms with Crippen molar-refractivity contribution >= 4 is 11.9 Å². The molecule has 0 spiro atoms. The Hall–Kier alpha value is -3.91. The molecule has 1 aromatic heterocycles. The second-order valence-electron chi connectivity index (χ2n) is 9.13. The van der Waals surface area contributed by atoms with E-state index in [1.54, 1.807) is 12.3 Å². The number of pyridine rings is 1. The summed E-state index contributed by atoms with van der Waals surface area (Å²) in [4.78, 5) is 30.5. The van der Waals surface area contributed by atoms with Crippen LogP contribution in [0, 0.1) is 0 Å². The van der Waals surface area contributed by atoms with Gasteiger partial charge in [-0.25, -0.2) is 0 Å². The van der Waals surface area contributed by atoms with Crippen molar-refractivity contribution in [3.05, 3.63) is 89.2 Å². The fourth-order valence-corrected chi connectivity index (χ4v) is 4.31. The molecular weight excluding hydrogens is 470 g/mol. The monoisotopic (exact) mass is 503 g/mol. The maximum Gasteiger partial charge on any atom is 0.307 e. The molecule has 8 nitrogen and oxygen atoms in total. The standard InChI is InChI=1S/C29H33N3O5/c33-28-20-32(18-23-8-2-3-10-26(23)37-21-25-9-4-6-13-30-25)19-24-16-22(17-29(34)35)11-12-27(24)36-15-7-1-5-14-31-28/h2-4,6,8-13,16H,1,5,7,14-15,17-21H2,(H,31,33)(H,34,35). The Bertz CT molecular complexity index is 1190. The SMILES string of the molecule is O=C(O)Cc1ccc2c(c1)CN(Cc1ccccc1OCc1ccccn1)CC(=O)NCCCCCO2. The quantitative estimate of drug-likeness (QED) is 0.503. The maximum absolute atomic E-state index is 12.8. The third kappa shape index (κ3) is 8.32. The third-order valence-electron chi connectivity index (χ3n) is 6.11. The molecule has 0 bridgehead atoms. The number of nitrogens with one attached hydrogen (secondary N) is 1. The third-order valence-corrected chi connectivity index (χ3v) is 6.11. The summed E-state index contributed by atoms with van der Waals surface area (Å²) in [5, 5.41) is 12.3. The van der Waals surface area contributed by atoms with Gasteiger partial charge in [0.05, 0.1) is 25.3 Å². The number of carbonyl (C=O) groups is 2. The lowest BCUT2D eigenvalue weighted by molar-refractivity contribution is -0.136. The molecular formula is C29H33N3O5. The Morgan fingerprint density at radius 1 is 1.05 bits per heavy atom. The number of rotatable bonds is 7. The summed E-state index contributed by atoms with van der Waals surface area (Å²) in [6.45, 7) is 2.62. The summed E-state index contributed by atoms with van der Waals surface area (Å²) in [7, 11) is 0. The molecule has 8 heteroatoms. The van der Waals surface area contributed by atoms with Gasteiger partial charge in [0, 0.05) is 37.0 Å². The number of amides is 1. The summed E-state index contributed by atoms with van der Waals surface area (Å²) in [5.74, 6) is 0.516. The van der Waals surface area contributed by atoms with E-state index < -0.39 is 5.97 Å². The van der Waals surface area contributed by atoms with E-state index in [1.807, 2.05) is 59.5 Å². The van der Waals surface area contributed by atoms with E-state index in [0.717, 1.165) is 47.6 Å². The summed E-state index contributed by atoms with van der Waals surface area (Å²) in [5.41, 5.74) is 3.33. The fourth-order valence-electron chi connectivity index (χ4n) is 4.31. The molecule has 1 aliphatic rings. The molecule has 2 heterocycles. The molecule has 0 aliphatic carbocycles. The molecule has 0 unspecified atom stereocenters. The molecule has 1 amide bonds. The smallest absolute Gasteiger partial charge is 0.307 e. The predicted molar refractivity (Wildman–Crippen MR) is 139 cm³/mol. The number of aromatic nitrogens is 1. The van der Waals surface area contributed by atoms with Gasteiger partial charge in [-0.2, -0.15) is 0 Å². The first-order valence-electron chi connectivity index (χ1n) is 12.6. The molecule has 4 rings (SSSR count). The number of carboxylic acids is 1. The minimum absolute atomic E-state index is 0.0460. The minimum atomic E-state index is -0.888. The lowest BCUT2D eigenvalue weighted by Crippen LogP contribution is -2.37. The van der Waals surface area contributed by atoms with Gasteiger partial charge in [0.25, 0.3) is 0 Å². The van der Waals surface area contributed by atoms with Crippen LogP contribution in [0.5, 0.6) is 11.5 Å². The molecule has 0 fully saturated rings. The summed E-state index contributed by atoms with van der Waals surface area (Å²) < 4.78 is 12.2. The van der Waals surface area contributed by atoms with Gasteiger partial charge in [0.15, 0.2) is 0 Å². The topological polar surface area (TPSA) is 101 Å². The van der Waals surface area contributed by atoms with Gasteiger partial charge in [0.1, 0.15) is 18.1 Å². The van der Waals surface area contributed by atoms with E-state index in [2.05, 4.69) is 10.3 Å². The summed E-state index contributed by atoms with van der Waals surface area (Å²) in [6.07, 6.45) is 4.40. The number of hydrogen-bond donors (Lipinski definition) is 2. The molecule has 37 heavy (non-hydrogen) atoms.